The molecule has 0 aromatic heterocycles. The number of benzene rings is 3. The summed E-state index contributed by atoms with van der Waals surface area (Å²) >= 11 is 0. The van der Waals surface area contributed by atoms with Gasteiger partial charge in [0.2, 0.25) is 0 Å². The molecule has 156 valence electrons. The number of rotatable bonds is 4. The van der Waals surface area contributed by atoms with Gasteiger partial charge in [0.1, 0.15) is 24.0 Å². The zero-order valence-corrected chi connectivity index (χ0v) is 17.8. The molecule has 1 aliphatic rings. The van der Waals surface area contributed by atoms with E-state index in [4.69, 9.17) is 4.74 Å². The molecule has 1 heterocycles. The third-order valence-corrected chi connectivity index (χ3v) is 5.34. The number of hydrogen-bond acceptors (Lipinski definition) is 5. The Labute approximate surface area is 192 Å². The van der Waals surface area contributed by atoms with Crippen LogP contribution in [-0.4, -0.2) is 7.11 Å². The molecule has 0 unspecified atom stereocenters. The molecule has 0 fully saturated rings. The number of methoxy groups -OCH3 is 1. The van der Waals surface area contributed by atoms with Gasteiger partial charge in [0.25, 0.3) is 0 Å². The molecule has 1 N–H and O–H groups in total. The normalized spacial score (nSPS) is 12.8. The van der Waals surface area contributed by atoms with E-state index in [9.17, 15) is 15.8 Å². The van der Waals surface area contributed by atoms with E-state index in [-0.39, 0.29) is 16.8 Å². The van der Waals surface area contributed by atoms with E-state index in [0.717, 1.165) is 22.3 Å². The van der Waals surface area contributed by atoms with Crippen LogP contribution in [0.25, 0.3) is 16.8 Å². The third kappa shape index (κ3) is 3.98. The van der Waals surface area contributed by atoms with Gasteiger partial charge in [-0.2, -0.15) is 15.8 Å². The van der Waals surface area contributed by atoms with E-state index in [1.807, 2.05) is 97.1 Å². The van der Waals surface area contributed by atoms with Gasteiger partial charge in [-0.05, 0) is 28.8 Å². The molecule has 0 saturated heterocycles. The monoisotopic (exact) mass is 426 g/mol. The van der Waals surface area contributed by atoms with E-state index in [1.165, 1.54) is 0 Å². The first-order chi connectivity index (χ1) is 16.2. The third-order valence-electron chi connectivity index (χ3n) is 5.34. The van der Waals surface area contributed by atoms with Crippen LogP contribution < -0.4 is 10.1 Å². The van der Waals surface area contributed by atoms with Crippen molar-refractivity contribution in [2.45, 2.75) is 0 Å². The number of nitrogens with zero attached hydrogens (tertiary/aromatic N) is 3. The summed E-state index contributed by atoms with van der Waals surface area (Å²) in [5.74, 6) is 0.686. The highest BCUT2D eigenvalue weighted by atomic mass is 16.5. The second-order valence-corrected chi connectivity index (χ2v) is 7.17. The van der Waals surface area contributed by atoms with Crippen LogP contribution in [0.1, 0.15) is 16.7 Å². The molecular weight excluding hydrogens is 408 g/mol. The number of ether oxygens (including phenoxy) is 1. The van der Waals surface area contributed by atoms with Gasteiger partial charge in [-0.1, -0.05) is 72.8 Å². The summed E-state index contributed by atoms with van der Waals surface area (Å²) in [6.45, 7) is 0. The topological polar surface area (TPSA) is 92.6 Å². The minimum atomic E-state index is -0.155. The maximum absolute atomic E-state index is 10.2. The summed E-state index contributed by atoms with van der Waals surface area (Å²) < 4.78 is 5.30. The number of dihydropyridines is 1. The molecule has 3 aromatic carbocycles. The van der Waals surface area contributed by atoms with Crippen molar-refractivity contribution in [3.05, 3.63) is 118 Å². The molecule has 5 heteroatoms. The zero-order chi connectivity index (χ0) is 23.2. The fourth-order valence-electron chi connectivity index (χ4n) is 3.82. The van der Waals surface area contributed by atoms with Crippen molar-refractivity contribution < 1.29 is 4.74 Å². The quantitative estimate of drug-likeness (QED) is 0.560. The molecule has 5 nitrogen and oxygen atoms in total. The fraction of sp³-hybridized carbons (Fsp3) is 0.0357. The minimum absolute atomic E-state index is 0.155. The molecule has 4 rings (SSSR count). The van der Waals surface area contributed by atoms with Crippen LogP contribution in [0, 0.1) is 34.0 Å². The van der Waals surface area contributed by atoms with Gasteiger partial charge >= 0.3 is 0 Å². The maximum Gasteiger partial charge on any atom is 0.154 e. The van der Waals surface area contributed by atoms with Crippen LogP contribution in [-0.2, 0) is 0 Å². The smallest absolute Gasteiger partial charge is 0.154 e. The Bertz CT molecular complexity index is 1390. The molecule has 0 bridgehead atoms. The summed E-state index contributed by atoms with van der Waals surface area (Å²) in [6, 6.07) is 32.9. The van der Waals surface area contributed by atoms with Crippen molar-refractivity contribution in [2.24, 2.45) is 0 Å². The second kappa shape index (κ2) is 9.40. The van der Waals surface area contributed by atoms with Crippen LogP contribution in [0.3, 0.4) is 0 Å². The highest BCUT2D eigenvalue weighted by Crippen LogP contribution is 2.44. The van der Waals surface area contributed by atoms with Crippen molar-refractivity contribution in [3.63, 3.8) is 0 Å². The van der Waals surface area contributed by atoms with E-state index in [1.54, 1.807) is 7.11 Å². The Hall–Kier alpha value is -5.05. The Morgan fingerprint density at radius 2 is 1.24 bits per heavy atom. The highest BCUT2D eigenvalue weighted by molar-refractivity contribution is 6.18. The molecule has 3 aromatic rings. The van der Waals surface area contributed by atoms with E-state index in [0.29, 0.717) is 17.0 Å². The summed E-state index contributed by atoms with van der Waals surface area (Å²) in [5, 5.41) is 32.7. The lowest BCUT2D eigenvalue weighted by atomic mass is 9.82. The highest BCUT2D eigenvalue weighted by Gasteiger charge is 2.30. The van der Waals surface area contributed by atoms with Gasteiger partial charge < -0.3 is 10.1 Å². The molecule has 1 aliphatic heterocycles. The number of allylic oxidation sites excluding steroid dienone is 4. The van der Waals surface area contributed by atoms with Gasteiger partial charge in [-0.3, -0.25) is 0 Å². The Balaban J connectivity index is 2.15. The van der Waals surface area contributed by atoms with Gasteiger partial charge in [-0.25, -0.2) is 0 Å². The summed E-state index contributed by atoms with van der Waals surface area (Å²) in [6.07, 6.45) is 0. The summed E-state index contributed by atoms with van der Waals surface area (Å²) in [7, 11) is 1.59. The summed E-state index contributed by atoms with van der Waals surface area (Å²) in [4.78, 5) is 0. The first-order valence-corrected chi connectivity index (χ1v) is 10.2. The predicted molar refractivity (Wildman–Crippen MR) is 127 cm³/mol. The van der Waals surface area contributed by atoms with Crippen molar-refractivity contribution in [1.82, 2.24) is 5.32 Å². The predicted octanol–water partition coefficient (Wildman–Crippen LogP) is 5.45. The standard InChI is InChI=1S/C28H18N4O/c1-33-23-14-12-20(13-15-23)25-24(18-31)27(22(16-29)17-30)32-28(21-10-6-3-7-11-21)26(25)19-8-4-2-5-9-19/h2-15,32H,1H3. The lowest BCUT2D eigenvalue weighted by Crippen LogP contribution is -2.22. The van der Waals surface area contributed by atoms with Crippen LogP contribution >= 0.6 is 0 Å². The van der Waals surface area contributed by atoms with Crippen molar-refractivity contribution in [3.8, 4) is 24.0 Å². The first kappa shape index (κ1) is 21.2. The molecule has 0 atom stereocenters. The van der Waals surface area contributed by atoms with Gasteiger partial charge in [0.15, 0.2) is 5.57 Å². The lowest BCUT2D eigenvalue weighted by molar-refractivity contribution is 0.415. The van der Waals surface area contributed by atoms with Crippen LogP contribution in [0.15, 0.2) is 102 Å². The van der Waals surface area contributed by atoms with Gasteiger partial charge in [-0.15, -0.1) is 0 Å². The van der Waals surface area contributed by atoms with Crippen LogP contribution in [0.4, 0.5) is 0 Å². The molecule has 0 saturated carbocycles. The lowest BCUT2D eigenvalue weighted by Gasteiger charge is -2.28. The SMILES string of the molecule is COc1ccc(C2=C(C#N)C(=C(C#N)C#N)NC(c3ccccc3)=C2c2ccccc2)cc1. The zero-order valence-electron chi connectivity index (χ0n) is 17.8. The average Bonchev–Trinajstić information content (AvgIpc) is 2.89. The molecule has 0 amide bonds. The van der Waals surface area contributed by atoms with E-state index >= 15 is 0 Å². The largest absolute Gasteiger partial charge is 0.497 e. The molecule has 33 heavy (non-hydrogen) atoms. The van der Waals surface area contributed by atoms with Gasteiger partial charge in [0, 0.05) is 11.1 Å². The fourth-order valence-corrected chi connectivity index (χ4v) is 3.82. The molecule has 0 radical (unpaired) electrons. The first-order valence-electron chi connectivity index (χ1n) is 10.2. The van der Waals surface area contributed by atoms with Crippen molar-refractivity contribution in [1.29, 1.82) is 15.8 Å². The Morgan fingerprint density at radius 3 is 1.76 bits per heavy atom. The van der Waals surface area contributed by atoms with Crippen molar-refractivity contribution in [2.75, 3.05) is 7.11 Å². The molecule has 0 spiro atoms. The van der Waals surface area contributed by atoms with Gasteiger partial charge in [0.05, 0.1) is 24.1 Å². The van der Waals surface area contributed by atoms with Crippen LogP contribution in [0.2, 0.25) is 0 Å². The molecule has 0 aliphatic carbocycles. The average molecular weight is 426 g/mol. The Kier molecular flexibility index (Phi) is 6.03. The number of nitrogens with one attached hydrogen (secondary N) is 1. The Morgan fingerprint density at radius 1 is 0.697 bits per heavy atom. The van der Waals surface area contributed by atoms with E-state index < -0.39 is 0 Å². The number of hydrogen-bond donors (Lipinski definition) is 1. The molecular formula is C28H18N4O. The summed E-state index contributed by atoms with van der Waals surface area (Å²) in [5.41, 5.74) is 4.98. The maximum atomic E-state index is 10.2. The van der Waals surface area contributed by atoms with E-state index in [2.05, 4.69) is 11.4 Å². The van der Waals surface area contributed by atoms with Crippen molar-refractivity contribution >= 4 is 16.8 Å². The van der Waals surface area contributed by atoms with Crippen LogP contribution in [0.5, 0.6) is 5.75 Å². The second-order valence-electron chi connectivity index (χ2n) is 7.17. The number of nitriles is 3. The minimum Gasteiger partial charge on any atom is -0.497 e.